The molecule has 9 heteroatoms. The molecule has 0 saturated carbocycles. The first-order valence-electron chi connectivity index (χ1n) is 4.81. The van der Waals surface area contributed by atoms with Crippen LogP contribution in [0.1, 0.15) is 32.6 Å². The van der Waals surface area contributed by atoms with E-state index in [0.717, 1.165) is 19.3 Å². The summed E-state index contributed by atoms with van der Waals surface area (Å²) in [6.07, 6.45) is 3.18. The predicted octanol–water partition coefficient (Wildman–Crippen LogP) is 1.63. The molecule has 0 amide bonds. The van der Waals surface area contributed by atoms with Crippen molar-refractivity contribution < 1.29 is 33.5 Å². The summed E-state index contributed by atoms with van der Waals surface area (Å²) in [5.74, 6) is 0. The fraction of sp³-hybridized carbons (Fsp3) is 0.857. The Hall–Kier alpha value is 0.130. The molecule has 0 bridgehead atoms. The maximum absolute atomic E-state index is 11.1. The van der Waals surface area contributed by atoms with Gasteiger partial charge in [0.15, 0.2) is 0 Å². The van der Waals surface area contributed by atoms with Gasteiger partial charge in [-0.05, 0) is 6.42 Å². The Balaban J connectivity index is 4.06. The van der Waals surface area contributed by atoms with Crippen LogP contribution in [0.4, 0.5) is 4.79 Å². The SMILES string of the molecule is CCCCCCOP(=O)(O)C(=O)[P+](O)(O)O. The highest BCUT2D eigenvalue weighted by Crippen LogP contribution is 2.62. The van der Waals surface area contributed by atoms with E-state index in [1.165, 1.54) is 0 Å². The Kier molecular flexibility index (Phi) is 6.82. The Morgan fingerprint density at radius 2 is 1.81 bits per heavy atom. The van der Waals surface area contributed by atoms with Crippen LogP contribution in [0.2, 0.25) is 0 Å². The molecular weight excluding hydrogens is 258 g/mol. The summed E-state index contributed by atoms with van der Waals surface area (Å²) in [6.45, 7) is 1.85. The van der Waals surface area contributed by atoms with E-state index >= 15 is 0 Å². The Morgan fingerprint density at radius 3 is 2.25 bits per heavy atom. The van der Waals surface area contributed by atoms with E-state index in [1.54, 1.807) is 0 Å². The third-order valence-corrected chi connectivity index (χ3v) is 4.86. The van der Waals surface area contributed by atoms with Gasteiger partial charge in [-0.3, -0.25) is 0 Å². The van der Waals surface area contributed by atoms with Crippen LogP contribution < -0.4 is 0 Å². The summed E-state index contributed by atoms with van der Waals surface area (Å²) in [5.41, 5.74) is 0. The van der Waals surface area contributed by atoms with E-state index in [2.05, 4.69) is 4.52 Å². The zero-order valence-electron chi connectivity index (χ0n) is 8.94. The average Bonchev–Trinajstić information content (AvgIpc) is 2.15. The third kappa shape index (κ3) is 6.01. The van der Waals surface area contributed by atoms with Gasteiger partial charge in [-0.1, -0.05) is 26.2 Å². The number of hydrogen-bond acceptors (Lipinski definition) is 6. The van der Waals surface area contributed by atoms with E-state index < -0.39 is 20.8 Å². The van der Waals surface area contributed by atoms with Crippen molar-refractivity contribution in [2.45, 2.75) is 32.6 Å². The monoisotopic (exact) mass is 275 g/mol. The first-order valence-corrected chi connectivity index (χ1v) is 8.04. The second-order valence-electron chi connectivity index (χ2n) is 3.27. The van der Waals surface area contributed by atoms with Crippen molar-refractivity contribution in [3.05, 3.63) is 0 Å². The van der Waals surface area contributed by atoms with Crippen LogP contribution in [0.3, 0.4) is 0 Å². The van der Waals surface area contributed by atoms with Gasteiger partial charge < -0.3 is 9.42 Å². The molecule has 4 N–H and O–H groups in total. The van der Waals surface area contributed by atoms with Crippen molar-refractivity contribution in [1.82, 2.24) is 0 Å². The van der Waals surface area contributed by atoms with Crippen LogP contribution in [0.15, 0.2) is 0 Å². The molecule has 0 rings (SSSR count). The summed E-state index contributed by atoms with van der Waals surface area (Å²) >= 11 is 0. The molecule has 0 aliphatic rings. The van der Waals surface area contributed by atoms with Crippen molar-refractivity contribution >= 4 is 20.8 Å². The quantitative estimate of drug-likeness (QED) is 0.392. The number of unbranched alkanes of at least 4 members (excludes halogenated alkanes) is 3. The van der Waals surface area contributed by atoms with Gasteiger partial charge in [0.1, 0.15) is 0 Å². The minimum Gasteiger partial charge on any atom is -0.316 e. The first kappa shape index (κ1) is 16.1. The molecule has 0 fully saturated rings. The highest BCUT2D eigenvalue weighted by molar-refractivity contribution is 8.00. The molecule has 1 atom stereocenters. The number of carbonyl (C=O) groups is 1. The van der Waals surface area contributed by atoms with Gasteiger partial charge in [-0.15, -0.1) is 0 Å². The highest BCUT2D eigenvalue weighted by atomic mass is 31.3. The lowest BCUT2D eigenvalue weighted by Gasteiger charge is -2.09. The van der Waals surface area contributed by atoms with Crippen molar-refractivity contribution in [2.75, 3.05) is 6.61 Å². The van der Waals surface area contributed by atoms with Gasteiger partial charge in [0.05, 0.1) is 6.61 Å². The number of hydrogen-bond donors (Lipinski definition) is 4. The van der Waals surface area contributed by atoms with Crippen molar-refractivity contribution in [1.29, 1.82) is 0 Å². The number of rotatable bonds is 8. The second kappa shape index (κ2) is 6.77. The topological polar surface area (TPSA) is 124 Å². The molecule has 96 valence electrons. The van der Waals surface area contributed by atoms with E-state index in [-0.39, 0.29) is 6.61 Å². The van der Waals surface area contributed by atoms with Gasteiger partial charge in [0, 0.05) is 0 Å². The first-order chi connectivity index (χ1) is 7.22. The summed E-state index contributed by atoms with van der Waals surface area (Å²) < 4.78 is 15.5. The molecule has 0 spiro atoms. The van der Waals surface area contributed by atoms with E-state index in [0.29, 0.717) is 6.42 Å². The van der Waals surface area contributed by atoms with Gasteiger partial charge in [0.2, 0.25) is 0 Å². The molecule has 0 radical (unpaired) electrons. The van der Waals surface area contributed by atoms with Gasteiger partial charge in [-0.25, -0.2) is 9.36 Å². The summed E-state index contributed by atoms with van der Waals surface area (Å²) in [6, 6.07) is 0. The molecular formula is C7H17O7P2+. The molecule has 16 heavy (non-hydrogen) atoms. The molecule has 7 nitrogen and oxygen atoms in total. The van der Waals surface area contributed by atoms with E-state index in [1.807, 2.05) is 6.92 Å². The second-order valence-corrected chi connectivity index (χ2v) is 6.87. The maximum Gasteiger partial charge on any atom is 0.492 e. The molecule has 0 aromatic rings. The Bertz CT molecular complexity index is 272. The molecule has 0 aromatic carbocycles. The molecule has 0 aliphatic heterocycles. The zero-order chi connectivity index (χ0) is 12.8. The zero-order valence-corrected chi connectivity index (χ0v) is 10.7. The van der Waals surface area contributed by atoms with Crippen LogP contribution >= 0.6 is 15.5 Å². The fourth-order valence-electron chi connectivity index (χ4n) is 0.942. The smallest absolute Gasteiger partial charge is 0.316 e. The summed E-state index contributed by atoms with van der Waals surface area (Å²) in [5, 5.41) is -1.93. The van der Waals surface area contributed by atoms with Crippen LogP contribution in [-0.4, -0.2) is 31.4 Å². The van der Waals surface area contributed by atoms with Crippen molar-refractivity contribution in [2.24, 2.45) is 0 Å². The Morgan fingerprint density at radius 1 is 1.25 bits per heavy atom. The molecule has 0 heterocycles. The standard InChI is InChI=1S/C7H16O7P2/c1-2-3-4-5-6-14-16(12,13)7(8)15(9,10)11/h9-11H,2-6H2,1H3/p+1. The normalized spacial score (nSPS) is 15.8. The minimum absolute atomic E-state index is 0.139. The van der Waals surface area contributed by atoms with Crippen LogP contribution in [0.5, 0.6) is 0 Å². The molecule has 0 aromatic heterocycles. The predicted molar refractivity (Wildman–Crippen MR) is 58.9 cm³/mol. The van der Waals surface area contributed by atoms with Gasteiger partial charge >= 0.3 is 20.8 Å². The van der Waals surface area contributed by atoms with Crippen LogP contribution in [0, 0.1) is 0 Å². The maximum atomic E-state index is 11.1. The summed E-state index contributed by atoms with van der Waals surface area (Å²) in [7, 11) is -9.76. The van der Waals surface area contributed by atoms with E-state index in [9.17, 15) is 9.36 Å². The van der Waals surface area contributed by atoms with Crippen molar-refractivity contribution in [3.63, 3.8) is 0 Å². The van der Waals surface area contributed by atoms with Crippen molar-refractivity contribution in [3.8, 4) is 0 Å². The van der Waals surface area contributed by atoms with Gasteiger partial charge in [-0.2, -0.15) is 14.7 Å². The lowest BCUT2D eigenvalue weighted by molar-refractivity contribution is 0.229. The Labute approximate surface area is 94.2 Å². The van der Waals surface area contributed by atoms with Gasteiger partial charge in [0.25, 0.3) is 0 Å². The lowest BCUT2D eigenvalue weighted by atomic mass is 10.2. The molecule has 0 saturated heterocycles. The fourth-order valence-corrected chi connectivity index (χ4v) is 2.96. The van der Waals surface area contributed by atoms with Crippen LogP contribution in [-0.2, 0) is 9.09 Å². The average molecular weight is 275 g/mol. The largest absolute Gasteiger partial charge is 0.492 e. The molecule has 1 unspecified atom stereocenters. The number of carbonyl (C=O) groups excluding carboxylic acids is 1. The van der Waals surface area contributed by atoms with Crippen LogP contribution in [0.25, 0.3) is 0 Å². The highest BCUT2D eigenvalue weighted by Gasteiger charge is 2.56. The third-order valence-electron chi connectivity index (χ3n) is 1.76. The lowest BCUT2D eigenvalue weighted by Crippen LogP contribution is -2.07. The van der Waals surface area contributed by atoms with E-state index in [4.69, 9.17) is 19.6 Å². The summed E-state index contributed by atoms with van der Waals surface area (Å²) in [4.78, 5) is 45.4. The molecule has 0 aliphatic carbocycles. The minimum atomic E-state index is -4.97.